The Labute approximate surface area is 553 Å². The van der Waals surface area contributed by atoms with Crippen molar-refractivity contribution in [1.29, 1.82) is 5.26 Å². The number of likely N-dealkylation sites (N-methyl/N-ethyl adjacent to an activating group) is 1. The smallest absolute Gasteiger partial charge is 0.226 e. The van der Waals surface area contributed by atoms with Gasteiger partial charge in [-0.3, -0.25) is 28.8 Å². The number of nitrogens with one attached hydrogen (secondary N) is 1. The maximum absolute atomic E-state index is 14.9. The van der Waals surface area contributed by atoms with Gasteiger partial charge < -0.3 is 46.7 Å². The van der Waals surface area contributed by atoms with Crippen LogP contribution in [0.2, 0.25) is 0 Å². The topological polar surface area (TPSA) is 293 Å². The van der Waals surface area contributed by atoms with E-state index in [9.17, 15) is 39.1 Å². The molecule has 5 aromatic carbocycles. The van der Waals surface area contributed by atoms with E-state index in [0.29, 0.717) is 74.1 Å². The molecule has 498 valence electrons. The first-order chi connectivity index (χ1) is 44.9. The number of phenolic OH excluding ortho intramolecular Hbond substituents is 1. The van der Waals surface area contributed by atoms with Gasteiger partial charge in [0.1, 0.15) is 42.3 Å². The minimum Gasteiger partial charge on any atom is -0.508 e. The number of amides is 2. The summed E-state index contributed by atoms with van der Waals surface area (Å²) in [5.41, 5.74) is 30.0. The molecule has 0 unspecified atom stereocenters. The van der Waals surface area contributed by atoms with Crippen LogP contribution < -0.4 is 36.7 Å². The van der Waals surface area contributed by atoms with E-state index in [1.165, 1.54) is 47.0 Å². The lowest BCUT2D eigenvalue weighted by Crippen LogP contribution is -2.46. The zero-order valence-electron chi connectivity index (χ0n) is 56.3. The molecular formula is C76H94N8O10. The van der Waals surface area contributed by atoms with Gasteiger partial charge in [-0.25, -0.2) is 9.97 Å². The Morgan fingerprint density at radius 3 is 1.98 bits per heavy atom. The van der Waals surface area contributed by atoms with Gasteiger partial charge in [0.15, 0.2) is 29.0 Å². The molecule has 0 spiro atoms. The number of rotatable bonds is 18. The number of carbonyl (C=O) groups excluding carboxylic acids is 6. The minimum atomic E-state index is -1.24. The summed E-state index contributed by atoms with van der Waals surface area (Å²) in [6.07, 6.45) is 9.11. The second-order valence-electron chi connectivity index (χ2n) is 26.7. The summed E-state index contributed by atoms with van der Waals surface area (Å²) in [7, 11) is 3.16. The predicted octanol–water partition coefficient (Wildman–Crippen LogP) is 11.2. The number of phenols is 1. The van der Waals surface area contributed by atoms with Crippen LogP contribution in [0.3, 0.4) is 0 Å². The number of Topliss-reactive ketones (excluding diaryl/α,β-unsaturated/α-hetero) is 4. The van der Waals surface area contributed by atoms with Gasteiger partial charge in [0.05, 0.1) is 36.2 Å². The van der Waals surface area contributed by atoms with Crippen LogP contribution >= 0.6 is 0 Å². The van der Waals surface area contributed by atoms with Crippen molar-refractivity contribution in [2.45, 2.75) is 168 Å². The average Bonchev–Trinajstić information content (AvgIpc) is 0.794. The lowest BCUT2D eigenvalue weighted by atomic mass is 9.72. The molecule has 18 heteroatoms. The van der Waals surface area contributed by atoms with E-state index in [-0.39, 0.29) is 94.1 Å². The fourth-order valence-corrected chi connectivity index (χ4v) is 13.7. The molecular weight excluding hydrogens is 1180 g/mol. The minimum absolute atomic E-state index is 0.0303. The molecule has 2 amide bonds. The van der Waals surface area contributed by atoms with Gasteiger partial charge in [0, 0.05) is 86.3 Å². The van der Waals surface area contributed by atoms with Crippen molar-refractivity contribution in [3.8, 4) is 51.6 Å². The fraction of sp³-hybridized carbons (Fsp3) is 0.461. The van der Waals surface area contributed by atoms with Crippen LogP contribution in [-0.4, -0.2) is 108 Å². The van der Waals surface area contributed by atoms with Crippen molar-refractivity contribution in [1.82, 2.24) is 20.2 Å². The van der Waals surface area contributed by atoms with Gasteiger partial charge >= 0.3 is 0 Å². The number of carbonyl (C=O) groups is 6. The maximum atomic E-state index is 14.9. The number of aromatic hydroxyl groups is 1. The second-order valence-corrected chi connectivity index (χ2v) is 26.7. The summed E-state index contributed by atoms with van der Waals surface area (Å²) in [5.74, 6) is -1.09. The highest BCUT2D eigenvalue weighted by Gasteiger charge is 2.37. The molecule has 94 heavy (non-hydrogen) atoms. The van der Waals surface area contributed by atoms with Gasteiger partial charge in [-0.15, -0.1) is 0 Å². The number of nitrogens with two attached hydrogens (primary N) is 3. The number of benzene rings is 5. The Morgan fingerprint density at radius 2 is 1.35 bits per heavy atom. The van der Waals surface area contributed by atoms with Crippen LogP contribution in [0.1, 0.15) is 182 Å². The first kappa shape index (κ1) is 71.2. The second kappa shape index (κ2) is 32.0. The lowest BCUT2D eigenvalue weighted by Gasteiger charge is -2.32. The van der Waals surface area contributed by atoms with E-state index in [1.807, 2.05) is 42.5 Å². The first-order valence-corrected chi connectivity index (χ1v) is 33.1. The van der Waals surface area contributed by atoms with Crippen molar-refractivity contribution in [2.75, 3.05) is 47.0 Å². The number of methoxy groups -OCH3 is 1. The molecule has 0 fully saturated rings. The van der Waals surface area contributed by atoms with E-state index in [0.717, 1.165) is 61.0 Å². The molecule has 0 saturated carbocycles. The Bertz CT molecular complexity index is 3790. The quantitative estimate of drug-likeness (QED) is 0.0500. The lowest BCUT2D eigenvalue weighted by molar-refractivity contribution is -0.142. The first-order valence-electron chi connectivity index (χ1n) is 33.1. The fourth-order valence-electron chi connectivity index (χ4n) is 13.7. The number of aryl methyl sites for hydroxylation is 5. The third kappa shape index (κ3) is 17.2. The van der Waals surface area contributed by atoms with Gasteiger partial charge in [-0.1, -0.05) is 65.0 Å². The molecule has 0 saturated heterocycles. The summed E-state index contributed by atoms with van der Waals surface area (Å²) >= 11 is 0. The van der Waals surface area contributed by atoms with Gasteiger partial charge in [0.25, 0.3) is 0 Å². The number of nitrogens with zero attached hydrogens (tertiary/aromatic N) is 4. The number of hydrogen-bond donors (Lipinski definition) is 5. The molecule has 2 heterocycles. The van der Waals surface area contributed by atoms with Crippen molar-refractivity contribution in [3.63, 3.8) is 0 Å². The Balaban J connectivity index is 0.000000354. The molecule has 3 aliphatic carbocycles. The van der Waals surface area contributed by atoms with Crippen molar-refractivity contribution in [2.24, 2.45) is 29.0 Å². The summed E-state index contributed by atoms with van der Waals surface area (Å²) < 4.78 is 17.4. The number of hydrogen-bond acceptors (Lipinski definition) is 16. The van der Waals surface area contributed by atoms with Crippen LogP contribution in [0.25, 0.3) is 22.5 Å². The molecule has 1 aliphatic heterocycles. The number of aromatic nitrogens is 2. The van der Waals surface area contributed by atoms with Crippen LogP contribution in [0.5, 0.6) is 23.0 Å². The summed E-state index contributed by atoms with van der Waals surface area (Å²) in [6.45, 7) is 15.1. The normalized spacial score (nSPS) is 18.0. The average molecular weight is 1280 g/mol. The van der Waals surface area contributed by atoms with E-state index < -0.39 is 41.5 Å². The number of ketones is 4. The third-order valence-electron chi connectivity index (χ3n) is 18.7. The van der Waals surface area contributed by atoms with Gasteiger partial charge in [0.2, 0.25) is 11.8 Å². The molecule has 18 nitrogen and oxygen atoms in total. The molecule has 4 aliphatic rings. The highest BCUT2D eigenvalue weighted by molar-refractivity contribution is 6.02. The largest absolute Gasteiger partial charge is 0.508 e. The van der Waals surface area contributed by atoms with E-state index in [2.05, 4.69) is 51.2 Å². The van der Waals surface area contributed by atoms with Gasteiger partial charge in [-0.2, -0.15) is 5.26 Å². The number of fused-ring (bicyclic) bond motifs is 8. The Kier molecular flexibility index (Phi) is 24.2. The highest BCUT2D eigenvalue weighted by atomic mass is 16.5. The highest BCUT2D eigenvalue weighted by Crippen LogP contribution is 2.43. The Morgan fingerprint density at radius 1 is 0.734 bits per heavy atom. The van der Waals surface area contributed by atoms with E-state index in [1.54, 1.807) is 64.3 Å². The number of nitriles is 1. The summed E-state index contributed by atoms with van der Waals surface area (Å²) in [6, 6.07) is 28.1. The predicted molar refractivity (Wildman–Crippen MR) is 364 cm³/mol. The Hall–Kier alpha value is -8.63. The van der Waals surface area contributed by atoms with Crippen LogP contribution in [0.4, 0.5) is 0 Å². The molecule has 10 rings (SSSR count). The summed E-state index contributed by atoms with van der Waals surface area (Å²) in [5, 5.41) is 21.5. The number of ether oxygens (including phenoxy) is 3. The standard InChI is InChI=1S/C53H66N8O7.C12H16O.C11H12O2/c1-31-25-45(64)49(36-13-16-47(68-24-22-57)40(29-36)39-26-34(11-15-46(39)67-23-21-56)27-42(60-51(31)65)43(62)10-8-19-54)61(6)52(66)38(17-20-55)30-44(63)48-32(2)58-50(59-33(48)3)37-12-14-41-35(28-37)9-7-18-53(41,4)5;1-12(2)7-3-4-9-8-10(13)5-6-11(9)12;1-13-9-5-6-10-8(7-9)3-2-4-11(10)12/h11-16,26,28-29,31,38,42,49H,7-10,17-18,20-25,27,30,55-57H2,1-6H3,(H,60,65);5-6,8,13H,3-4,7H2,1-2H3;5-7H,2-4H2,1H3/t31-,38-,42+,49+;;/m1../s1. The van der Waals surface area contributed by atoms with E-state index >= 15 is 0 Å². The molecule has 4 bridgehead atoms. The van der Waals surface area contributed by atoms with Crippen molar-refractivity contribution >= 4 is 34.9 Å². The molecule has 0 radical (unpaired) electrons. The molecule has 4 atom stereocenters. The van der Waals surface area contributed by atoms with Crippen molar-refractivity contribution < 1.29 is 48.1 Å². The van der Waals surface area contributed by atoms with Crippen LogP contribution in [0, 0.1) is 37.0 Å². The molecule has 8 N–H and O–H groups in total. The van der Waals surface area contributed by atoms with E-state index in [4.69, 9.17) is 41.4 Å². The maximum Gasteiger partial charge on any atom is 0.226 e. The van der Waals surface area contributed by atoms with Gasteiger partial charge in [-0.05, 0) is 195 Å². The van der Waals surface area contributed by atoms with Crippen LogP contribution in [0.15, 0.2) is 91.0 Å². The SMILES string of the molecule is CC1(C)CCCc2cc(O)ccc21.COc1ccc2c(c1)CCCC2=O.Cc1nc(-c2ccc3c(c2)CCCC3(C)C)nc(C)c1C(=O)C[C@@H](CCN)C(=O)N(C)[C@@H]1C(=O)C[C@@H](C)C(=O)N[C@H](C(=O)CCC#N)Cc2ccc(OCCN)c(c2)-c2cc1ccc2OCCN. The zero-order valence-corrected chi connectivity index (χ0v) is 56.3. The molecule has 1 aromatic heterocycles. The van der Waals surface area contributed by atoms with Crippen LogP contribution in [-0.2, 0) is 55.7 Å². The third-order valence-corrected chi connectivity index (χ3v) is 18.7. The van der Waals surface area contributed by atoms with Crippen molar-refractivity contribution in [3.05, 3.63) is 152 Å². The zero-order chi connectivity index (χ0) is 68.0. The summed E-state index contributed by atoms with van der Waals surface area (Å²) in [4.78, 5) is 93.8. The monoisotopic (exact) mass is 1280 g/mol. The molecule has 6 aromatic rings.